The Morgan fingerprint density at radius 3 is 2.78 bits per heavy atom. The van der Waals surface area contributed by atoms with E-state index in [0.717, 1.165) is 48.1 Å². The first-order valence-corrected chi connectivity index (χ1v) is 13.5. The van der Waals surface area contributed by atoms with Crippen molar-refractivity contribution in [2.24, 2.45) is 0 Å². The van der Waals surface area contributed by atoms with E-state index in [-0.39, 0.29) is 17.4 Å². The van der Waals surface area contributed by atoms with E-state index >= 15 is 0 Å². The fourth-order valence-electron chi connectivity index (χ4n) is 4.54. The quantitative estimate of drug-likeness (QED) is 0.315. The number of carbonyl (C=O) groups is 1. The van der Waals surface area contributed by atoms with Crippen molar-refractivity contribution in [2.75, 3.05) is 11.1 Å². The topological polar surface area (TPSA) is 104 Å². The maximum atomic E-state index is 12.9. The number of hydrogen-bond donors (Lipinski definition) is 2. The fraction of sp³-hybridized carbons (Fsp3) is 0.259. The average molecular weight is 516 g/mol. The molecule has 9 heteroatoms. The fourth-order valence-corrected chi connectivity index (χ4v) is 6.54. The van der Waals surface area contributed by atoms with Crippen molar-refractivity contribution >= 4 is 34.0 Å². The molecule has 0 fully saturated rings. The molecule has 0 atom stereocenters. The van der Waals surface area contributed by atoms with E-state index in [0.29, 0.717) is 27.1 Å². The highest BCUT2D eigenvalue weighted by Crippen LogP contribution is 2.38. The van der Waals surface area contributed by atoms with Gasteiger partial charge in [0.15, 0.2) is 11.0 Å². The minimum absolute atomic E-state index is 0.107. The van der Waals surface area contributed by atoms with Gasteiger partial charge in [-0.1, -0.05) is 41.6 Å². The number of aromatic nitrogens is 3. The van der Waals surface area contributed by atoms with E-state index in [2.05, 4.69) is 27.6 Å². The van der Waals surface area contributed by atoms with Crippen molar-refractivity contribution < 1.29 is 9.90 Å². The van der Waals surface area contributed by atoms with E-state index in [1.165, 1.54) is 28.0 Å². The van der Waals surface area contributed by atoms with Gasteiger partial charge in [0.25, 0.3) is 0 Å². The van der Waals surface area contributed by atoms with Crippen molar-refractivity contribution in [1.82, 2.24) is 14.8 Å². The molecule has 0 radical (unpaired) electrons. The van der Waals surface area contributed by atoms with Crippen LogP contribution in [0.2, 0.25) is 0 Å². The number of benzene rings is 2. The molecule has 0 saturated heterocycles. The molecule has 7 nitrogen and oxygen atoms in total. The van der Waals surface area contributed by atoms with Gasteiger partial charge in [-0.25, -0.2) is 0 Å². The molecule has 182 valence electrons. The zero-order valence-corrected chi connectivity index (χ0v) is 21.7. The van der Waals surface area contributed by atoms with Gasteiger partial charge in [-0.2, -0.15) is 5.26 Å². The molecule has 36 heavy (non-hydrogen) atoms. The molecule has 1 aliphatic rings. The zero-order valence-electron chi connectivity index (χ0n) is 20.0. The number of nitrogens with zero attached hydrogens (tertiary/aromatic N) is 4. The molecule has 0 bridgehead atoms. The number of aryl methyl sites for hydroxylation is 3. The standard InChI is InChI=1S/C27H25N5O2S2/c1-16-11-12-21(17(2)13-16)32-25(19-8-3-5-9-22(19)33)30-31-27(32)35-15-24(34)29-26-20(14-28)18-7-4-6-10-23(18)36-26/h3,5,8-9,11-13,33H,4,6-7,10,15H2,1-2H3,(H,29,34). The predicted octanol–water partition coefficient (Wildman–Crippen LogP) is 5.80. The largest absolute Gasteiger partial charge is 0.507 e. The lowest BCUT2D eigenvalue weighted by Gasteiger charge is -2.14. The van der Waals surface area contributed by atoms with Crippen LogP contribution >= 0.6 is 23.1 Å². The van der Waals surface area contributed by atoms with Crippen LogP contribution in [-0.4, -0.2) is 31.5 Å². The van der Waals surface area contributed by atoms with E-state index in [4.69, 9.17) is 0 Å². The number of thioether (sulfide) groups is 1. The number of amides is 1. The van der Waals surface area contributed by atoms with Gasteiger partial charge < -0.3 is 10.4 Å². The summed E-state index contributed by atoms with van der Waals surface area (Å²) >= 11 is 2.79. The van der Waals surface area contributed by atoms with Crippen LogP contribution in [0.1, 0.15) is 40.0 Å². The van der Waals surface area contributed by atoms with Crippen LogP contribution < -0.4 is 5.32 Å². The second kappa shape index (κ2) is 10.2. The minimum atomic E-state index is -0.200. The second-order valence-electron chi connectivity index (χ2n) is 8.81. The number of nitriles is 1. The highest BCUT2D eigenvalue weighted by atomic mass is 32.2. The van der Waals surface area contributed by atoms with Crippen LogP contribution in [0.5, 0.6) is 5.75 Å². The molecule has 1 aliphatic carbocycles. The number of aromatic hydroxyl groups is 1. The molecule has 2 N–H and O–H groups in total. The third-order valence-corrected chi connectivity index (χ3v) is 8.38. The highest BCUT2D eigenvalue weighted by molar-refractivity contribution is 7.99. The number of carbonyl (C=O) groups excluding carboxylic acids is 1. The van der Waals surface area contributed by atoms with Crippen molar-refractivity contribution in [1.29, 1.82) is 5.26 Å². The minimum Gasteiger partial charge on any atom is -0.507 e. The molecule has 0 aliphatic heterocycles. The summed E-state index contributed by atoms with van der Waals surface area (Å²) in [6.07, 6.45) is 4.06. The molecular formula is C27H25N5O2S2. The number of anilines is 1. The van der Waals surface area contributed by atoms with Gasteiger partial charge in [0, 0.05) is 4.88 Å². The molecule has 2 aromatic carbocycles. The van der Waals surface area contributed by atoms with Gasteiger partial charge in [0.1, 0.15) is 16.8 Å². The Kier molecular flexibility index (Phi) is 6.81. The summed E-state index contributed by atoms with van der Waals surface area (Å²) in [5.41, 5.74) is 5.30. The van der Waals surface area contributed by atoms with Gasteiger partial charge in [-0.3, -0.25) is 9.36 Å². The lowest BCUT2D eigenvalue weighted by molar-refractivity contribution is -0.113. The summed E-state index contributed by atoms with van der Waals surface area (Å²) in [6, 6.07) is 15.4. The first kappa shape index (κ1) is 24.1. The molecule has 1 amide bonds. The Morgan fingerprint density at radius 2 is 2.00 bits per heavy atom. The molecule has 5 rings (SSSR count). The number of para-hydroxylation sites is 1. The smallest absolute Gasteiger partial charge is 0.235 e. The monoisotopic (exact) mass is 515 g/mol. The van der Waals surface area contributed by atoms with E-state index in [1.54, 1.807) is 18.2 Å². The first-order chi connectivity index (χ1) is 17.5. The van der Waals surface area contributed by atoms with E-state index < -0.39 is 0 Å². The van der Waals surface area contributed by atoms with Crippen LogP contribution in [0.3, 0.4) is 0 Å². The third-order valence-electron chi connectivity index (χ3n) is 6.24. The molecule has 2 heterocycles. The van der Waals surface area contributed by atoms with Crippen LogP contribution in [0.25, 0.3) is 17.1 Å². The lowest BCUT2D eigenvalue weighted by Crippen LogP contribution is -2.14. The summed E-state index contributed by atoms with van der Waals surface area (Å²) in [4.78, 5) is 14.1. The van der Waals surface area contributed by atoms with Crippen LogP contribution in [0.15, 0.2) is 47.6 Å². The van der Waals surface area contributed by atoms with Crippen molar-refractivity contribution in [3.8, 4) is 28.9 Å². The number of hydrogen-bond acceptors (Lipinski definition) is 7. The summed E-state index contributed by atoms with van der Waals surface area (Å²) in [5.74, 6) is 0.517. The van der Waals surface area contributed by atoms with Crippen LogP contribution in [0.4, 0.5) is 5.00 Å². The van der Waals surface area contributed by atoms with E-state index in [1.807, 2.05) is 36.6 Å². The number of rotatable bonds is 6. The number of nitrogens with one attached hydrogen (secondary N) is 1. The van der Waals surface area contributed by atoms with E-state index in [9.17, 15) is 15.2 Å². The Hall–Kier alpha value is -3.61. The Labute approximate surface area is 217 Å². The predicted molar refractivity (Wildman–Crippen MR) is 143 cm³/mol. The van der Waals surface area contributed by atoms with Crippen LogP contribution in [0, 0.1) is 25.2 Å². The number of phenols is 1. The molecule has 4 aromatic rings. The Balaban J connectivity index is 1.43. The maximum Gasteiger partial charge on any atom is 0.235 e. The van der Waals surface area contributed by atoms with Crippen LogP contribution in [-0.2, 0) is 17.6 Å². The molecule has 0 saturated carbocycles. The summed E-state index contributed by atoms with van der Waals surface area (Å²) in [5, 5.41) is 33.1. The number of thiophene rings is 1. The lowest BCUT2D eigenvalue weighted by atomic mass is 9.96. The van der Waals surface area contributed by atoms with Gasteiger partial charge in [0.2, 0.25) is 5.91 Å². The third kappa shape index (κ3) is 4.62. The normalized spacial score (nSPS) is 12.7. The van der Waals surface area contributed by atoms with Crippen molar-refractivity contribution in [3.63, 3.8) is 0 Å². The Morgan fingerprint density at radius 1 is 1.19 bits per heavy atom. The maximum absolute atomic E-state index is 12.9. The van der Waals surface area contributed by atoms with Gasteiger partial charge in [-0.15, -0.1) is 21.5 Å². The summed E-state index contributed by atoms with van der Waals surface area (Å²) < 4.78 is 1.88. The first-order valence-electron chi connectivity index (χ1n) is 11.7. The number of phenolic OH excluding ortho intramolecular Hbond substituents is 1. The number of fused-ring (bicyclic) bond motifs is 1. The molecule has 0 spiro atoms. The average Bonchev–Trinajstić information content (AvgIpc) is 3.43. The second-order valence-corrected chi connectivity index (χ2v) is 10.9. The van der Waals surface area contributed by atoms with Crippen molar-refractivity contribution in [3.05, 3.63) is 69.6 Å². The zero-order chi connectivity index (χ0) is 25.2. The molecule has 2 aromatic heterocycles. The Bertz CT molecular complexity index is 1500. The SMILES string of the molecule is Cc1ccc(-n2c(SCC(=O)Nc3sc4c(c3C#N)CCCC4)nnc2-c2ccccc2O)c(C)c1. The summed E-state index contributed by atoms with van der Waals surface area (Å²) in [6.45, 7) is 4.05. The van der Waals surface area contributed by atoms with Gasteiger partial charge in [-0.05, 0) is 68.9 Å². The summed E-state index contributed by atoms with van der Waals surface area (Å²) in [7, 11) is 0. The van der Waals surface area contributed by atoms with Gasteiger partial charge >= 0.3 is 0 Å². The molecule has 0 unspecified atom stereocenters. The van der Waals surface area contributed by atoms with Crippen molar-refractivity contribution in [2.45, 2.75) is 44.7 Å². The molecular weight excluding hydrogens is 490 g/mol. The highest BCUT2D eigenvalue weighted by Gasteiger charge is 2.23. The van der Waals surface area contributed by atoms with Gasteiger partial charge in [0.05, 0.1) is 22.6 Å².